The predicted octanol–water partition coefficient (Wildman–Crippen LogP) is 3.45. The summed E-state index contributed by atoms with van der Waals surface area (Å²) in [6.45, 7) is 7.63. The van der Waals surface area contributed by atoms with Crippen molar-refractivity contribution in [3.63, 3.8) is 0 Å². The highest BCUT2D eigenvalue weighted by Crippen LogP contribution is 2.27. The molecule has 0 N–H and O–H groups in total. The smallest absolute Gasteiger partial charge is 0.0958 e. The van der Waals surface area contributed by atoms with Crippen LogP contribution in [0.1, 0.15) is 25.1 Å². The fourth-order valence-corrected chi connectivity index (χ4v) is 3.15. The summed E-state index contributed by atoms with van der Waals surface area (Å²) >= 11 is 0. The maximum Gasteiger partial charge on any atom is 0.0958 e. The molecule has 0 aliphatic carbocycles. The van der Waals surface area contributed by atoms with Gasteiger partial charge in [-0.25, -0.2) is 0 Å². The lowest BCUT2D eigenvalue weighted by Crippen LogP contribution is -2.27. The van der Waals surface area contributed by atoms with Gasteiger partial charge in [0.2, 0.25) is 0 Å². The average Bonchev–Trinajstić information content (AvgIpc) is 2.70. The number of nitrogens with zero attached hydrogens (tertiary/aromatic N) is 3. The molecule has 0 saturated carbocycles. The highest BCUT2D eigenvalue weighted by molar-refractivity contribution is 5.64. The van der Waals surface area contributed by atoms with Crippen molar-refractivity contribution in [3.8, 4) is 11.3 Å². The van der Waals surface area contributed by atoms with Gasteiger partial charge in [0.05, 0.1) is 5.69 Å². The number of hydrogen-bond acceptors (Lipinski definition) is 2. The van der Waals surface area contributed by atoms with E-state index >= 15 is 0 Å². The van der Waals surface area contributed by atoms with Gasteiger partial charge in [-0.05, 0) is 20.3 Å². The lowest BCUT2D eigenvalue weighted by Gasteiger charge is -2.18. The van der Waals surface area contributed by atoms with Gasteiger partial charge in [0, 0.05) is 49.9 Å². The summed E-state index contributed by atoms with van der Waals surface area (Å²) in [6.07, 6.45) is 4.50. The van der Waals surface area contributed by atoms with Crippen molar-refractivity contribution in [3.05, 3.63) is 53.2 Å². The van der Waals surface area contributed by atoms with Crippen LogP contribution in [0.4, 0.5) is 0 Å². The average molecular weight is 295 g/mol. The maximum atomic E-state index is 4.79. The molecule has 0 spiro atoms. The van der Waals surface area contributed by atoms with Crippen molar-refractivity contribution in [2.45, 2.75) is 26.7 Å². The Morgan fingerprint density at radius 1 is 1.14 bits per heavy atom. The summed E-state index contributed by atoms with van der Waals surface area (Å²) < 4.78 is 2.09. The first-order valence-electron chi connectivity index (χ1n) is 8.11. The molecule has 3 heteroatoms. The Morgan fingerprint density at radius 3 is 2.59 bits per heavy atom. The minimum atomic E-state index is 1.06. The van der Waals surface area contributed by atoms with Crippen LogP contribution >= 0.6 is 0 Å². The minimum absolute atomic E-state index is 1.06. The Bertz CT molecular complexity index is 663. The van der Waals surface area contributed by atoms with E-state index in [4.69, 9.17) is 5.10 Å². The number of hydrogen-bond donors (Lipinski definition) is 0. The fourth-order valence-electron chi connectivity index (χ4n) is 3.15. The van der Waals surface area contributed by atoms with Crippen LogP contribution in [0.5, 0.6) is 0 Å². The zero-order valence-corrected chi connectivity index (χ0v) is 13.8. The molecule has 0 radical (unpaired) electrons. The van der Waals surface area contributed by atoms with Crippen LogP contribution in [-0.4, -0.2) is 34.3 Å². The number of rotatable bonds is 3. The normalized spacial score (nSPS) is 15.2. The fraction of sp³-hybridized carbons (Fsp3) is 0.421. The van der Waals surface area contributed by atoms with Crippen LogP contribution in [0, 0.1) is 0 Å². The third kappa shape index (κ3) is 3.14. The minimum Gasteiger partial charge on any atom is -0.299 e. The quantitative estimate of drug-likeness (QED) is 0.809. The van der Waals surface area contributed by atoms with Gasteiger partial charge in [-0.3, -0.25) is 9.58 Å². The first-order chi connectivity index (χ1) is 10.6. The number of fused-ring (bicyclic) bond motifs is 1. The van der Waals surface area contributed by atoms with Gasteiger partial charge in [0.25, 0.3) is 0 Å². The number of allylic oxidation sites excluding steroid dienone is 1. The molecule has 0 amide bonds. The van der Waals surface area contributed by atoms with Crippen LogP contribution in [-0.2, 0) is 19.9 Å². The summed E-state index contributed by atoms with van der Waals surface area (Å²) in [5.41, 5.74) is 6.64. The first kappa shape index (κ1) is 15.0. The monoisotopic (exact) mass is 295 g/mol. The number of benzene rings is 1. The molecule has 116 valence electrons. The van der Waals surface area contributed by atoms with Crippen LogP contribution < -0.4 is 0 Å². The van der Waals surface area contributed by atoms with Crippen LogP contribution in [0.15, 0.2) is 42.0 Å². The van der Waals surface area contributed by atoms with Gasteiger partial charge >= 0.3 is 0 Å². The van der Waals surface area contributed by atoms with Gasteiger partial charge in [0.15, 0.2) is 0 Å². The second-order valence-electron chi connectivity index (χ2n) is 6.35. The number of aromatic nitrogens is 2. The molecule has 0 unspecified atom stereocenters. The van der Waals surface area contributed by atoms with E-state index in [2.05, 4.69) is 66.9 Å². The van der Waals surface area contributed by atoms with E-state index < -0.39 is 0 Å². The first-order valence-corrected chi connectivity index (χ1v) is 8.11. The molecule has 22 heavy (non-hydrogen) atoms. The second kappa shape index (κ2) is 6.49. The highest BCUT2D eigenvalue weighted by Gasteiger charge is 2.21. The van der Waals surface area contributed by atoms with E-state index in [-0.39, 0.29) is 0 Å². The molecule has 2 heterocycles. The molecule has 1 aromatic heterocycles. The van der Waals surface area contributed by atoms with E-state index in [0.29, 0.717) is 0 Å². The molecule has 1 aliphatic rings. The summed E-state index contributed by atoms with van der Waals surface area (Å²) in [6, 6.07) is 10.6. The lowest BCUT2D eigenvalue weighted by atomic mass is 10.0. The SMILES string of the molecule is CC(C)=CCN1CCc2c(-c3ccccc3)nn(C)c2CC1. The van der Waals surface area contributed by atoms with Crippen molar-refractivity contribution in [2.75, 3.05) is 19.6 Å². The Labute approximate surface area is 133 Å². The number of aryl methyl sites for hydroxylation is 1. The van der Waals surface area contributed by atoms with Crippen molar-refractivity contribution in [1.82, 2.24) is 14.7 Å². The Hall–Kier alpha value is -1.87. The molecule has 2 aromatic rings. The van der Waals surface area contributed by atoms with Crippen LogP contribution in [0.25, 0.3) is 11.3 Å². The molecule has 0 fully saturated rings. The van der Waals surface area contributed by atoms with Crippen LogP contribution in [0.2, 0.25) is 0 Å². The Morgan fingerprint density at radius 2 is 1.86 bits per heavy atom. The molecular weight excluding hydrogens is 270 g/mol. The van der Waals surface area contributed by atoms with Crippen LogP contribution in [0.3, 0.4) is 0 Å². The molecule has 3 nitrogen and oxygen atoms in total. The molecule has 1 aromatic carbocycles. The molecule has 0 bridgehead atoms. The summed E-state index contributed by atoms with van der Waals surface area (Å²) in [7, 11) is 2.08. The van der Waals surface area contributed by atoms with Crippen molar-refractivity contribution in [1.29, 1.82) is 0 Å². The van der Waals surface area contributed by atoms with E-state index in [0.717, 1.165) is 32.5 Å². The van der Waals surface area contributed by atoms with E-state index in [1.54, 1.807) is 0 Å². The molecule has 0 atom stereocenters. The summed E-state index contributed by atoms with van der Waals surface area (Å²) in [4.78, 5) is 2.54. The largest absolute Gasteiger partial charge is 0.299 e. The molecular formula is C19H25N3. The van der Waals surface area contributed by atoms with Crippen molar-refractivity contribution >= 4 is 0 Å². The van der Waals surface area contributed by atoms with Gasteiger partial charge < -0.3 is 0 Å². The maximum absolute atomic E-state index is 4.79. The third-order valence-corrected chi connectivity index (χ3v) is 4.42. The second-order valence-corrected chi connectivity index (χ2v) is 6.35. The van der Waals surface area contributed by atoms with Gasteiger partial charge in [-0.2, -0.15) is 5.10 Å². The summed E-state index contributed by atoms with van der Waals surface area (Å²) in [5.74, 6) is 0. The molecule has 3 rings (SSSR count). The standard InChI is InChI=1S/C19H25N3/c1-15(2)9-12-22-13-10-17-18(11-14-22)21(3)20-19(17)16-7-5-4-6-8-16/h4-9H,10-14H2,1-3H3. The van der Waals surface area contributed by atoms with Crippen molar-refractivity contribution < 1.29 is 0 Å². The topological polar surface area (TPSA) is 21.1 Å². The van der Waals surface area contributed by atoms with Gasteiger partial charge in [0.1, 0.15) is 0 Å². The predicted molar refractivity (Wildman–Crippen MR) is 91.9 cm³/mol. The zero-order valence-electron chi connectivity index (χ0n) is 13.8. The molecule has 0 saturated heterocycles. The van der Waals surface area contributed by atoms with Gasteiger partial charge in [-0.15, -0.1) is 0 Å². The van der Waals surface area contributed by atoms with E-state index in [1.165, 1.54) is 28.1 Å². The van der Waals surface area contributed by atoms with Gasteiger partial charge in [-0.1, -0.05) is 42.0 Å². The lowest BCUT2D eigenvalue weighted by molar-refractivity contribution is 0.316. The highest BCUT2D eigenvalue weighted by atomic mass is 15.3. The molecule has 1 aliphatic heterocycles. The van der Waals surface area contributed by atoms with Crippen molar-refractivity contribution in [2.24, 2.45) is 7.05 Å². The Kier molecular flexibility index (Phi) is 4.44. The third-order valence-electron chi connectivity index (χ3n) is 4.42. The zero-order chi connectivity index (χ0) is 15.5. The summed E-state index contributed by atoms with van der Waals surface area (Å²) in [5, 5.41) is 4.79. The van der Waals surface area contributed by atoms with E-state index in [9.17, 15) is 0 Å². The Balaban J connectivity index is 1.85. The van der Waals surface area contributed by atoms with E-state index in [1.807, 2.05) is 0 Å².